The number of fused-ring (bicyclic) bond motifs is 1. The molecule has 0 unspecified atom stereocenters. The lowest BCUT2D eigenvalue weighted by Gasteiger charge is -2.16. The van der Waals surface area contributed by atoms with Crippen molar-refractivity contribution >= 4 is 23.5 Å². The largest absolute Gasteiger partial charge is 0.508 e. The second kappa shape index (κ2) is 7.25. The highest BCUT2D eigenvalue weighted by molar-refractivity contribution is 6.17. The van der Waals surface area contributed by atoms with Crippen LogP contribution in [0.1, 0.15) is 35.3 Å². The van der Waals surface area contributed by atoms with E-state index in [0.717, 1.165) is 5.56 Å². The Hall–Kier alpha value is -3.12. The maximum absolute atomic E-state index is 12.7. The Labute approximate surface area is 157 Å². The maximum atomic E-state index is 12.7. The summed E-state index contributed by atoms with van der Waals surface area (Å²) in [5, 5.41) is 22.2. The van der Waals surface area contributed by atoms with Gasteiger partial charge in [0.25, 0.3) is 0 Å². The lowest BCUT2D eigenvalue weighted by molar-refractivity contribution is -0.118. The van der Waals surface area contributed by atoms with Gasteiger partial charge in [0.15, 0.2) is 5.78 Å². The monoisotopic (exact) mass is 366 g/mol. The number of nitrogens with one attached hydrogen (secondary N) is 1. The van der Waals surface area contributed by atoms with E-state index in [0.29, 0.717) is 28.8 Å². The summed E-state index contributed by atoms with van der Waals surface area (Å²) < 4.78 is 0. The van der Waals surface area contributed by atoms with E-state index in [4.69, 9.17) is 5.73 Å². The first-order chi connectivity index (χ1) is 12.8. The third-order valence-electron chi connectivity index (χ3n) is 4.70. The van der Waals surface area contributed by atoms with E-state index in [-0.39, 0.29) is 29.1 Å². The van der Waals surface area contributed by atoms with Gasteiger partial charge in [0, 0.05) is 34.9 Å². The molecule has 1 aliphatic carbocycles. The summed E-state index contributed by atoms with van der Waals surface area (Å²) in [6.45, 7) is 3.74. The van der Waals surface area contributed by atoms with Crippen LogP contribution >= 0.6 is 0 Å². The van der Waals surface area contributed by atoms with Crippen molar-refractivity contribution in [1.29, 1.82) is 0 Å². The van der Waals surface area contributed by atoms with Crippen LogP contribution in [-0.2, 0) is 11.2 Å². The van der Waals surface area contributed by atoms with Crippen molar-refractivity contribution in [1.82, 2.24) is 0 Å². The number of carbonyl (C=O) groups excluding carboxylic acids is 2. The van der Waals surface area contributed by atoms with Gasteiger partial charge >= 0.3 is 0 Å². The molecular weight excluding hydrogens is 344 g/mol. The minimum absolute atomic E-state index is 0.00341. The molecule has 6 heteroatoms. The van der Waals surface area contributed by atoms with Crippen LogP contribution in [-0.4, -0.2) is 27.9 Å². The first-order valence-electron chi connectivity index (χ1n) is 8.73. The van der Waals surface area contributed by atoms with Crippen LogP contribution in [0.15, 0.2) is 42.0 Å². The van der Waals surface area contributed by atoms with E-state index >= 15 is 0 Å². The fraction of sp³-hybridized carbons (Fsp3) is 0.238. The molecule has 0 saturated heterocycles. The molecule has 0 fully saturated rings. The molecule has 5 N–H and O–H groups in total. The fourth-order valence-corrected chi connectivity index (χ4v) is 3.03. The van der Waals surface area contributed by atoms with Gasteiger partial charge in [-0.2, -0.15) is 0 Å². The zero-order chi connectivity index (χ0) is 19.7. The first-order valence-corrected chi connectivity index (χ1v) is 8.73. The lowest BCUT2D eigenvalue weighted by atomic mass is 10.0. The van der Waals surface area contributed by atoms with Gasteiger partial charge in [-0.15, -0.1) is 0 Å². The van der Waals surface area contributed by atoms with E-state index in [9.17, 15) is 19.8 Å². The second-order valence-corrected chi connectivity index (χ2v) is 7.01. The minimum Gasteiger partial charge on any atom is -0.508 e. The van der Waals surface area contributed by atoms with E-state index in [1.165, 1.54) is 18.2 Å². The molecule has 0 radical (unpaired) electrons. The number of rotatable bonds is 4. The summed E-state index contributed by atoms with van der Waals surface area (Å²) >= 11 is 0. The third-order valence-corrected chi connectivity index (χ3v) is 4.70. The molecule has 1 amide bonds. The van der Waals surface area contributed by atoms with Gasteiger partial charge < -0.3 is 21.3 Å². The number of hydrogen-bond donors (Lipinski definition) is 4. The Balaban J connectivity index is 1.91. The molecule has 0 bridgehead atoms. The summed E-state index contributed by atoms with van der Waals surface area (Å²) in [6, 6.07) is 8.75. The SMILES string of the molecule is CC(C)[C@@H](N)C(=O)Nc1cccc2c1C/C(=C\c1ccc(O)cc1O)C2=O. The smallest absolute Gasteiger partial charge is 0.241 e. The predicted octanol–water partition coefficient (Wildman–Crippen LogP) is 2.84. The van der Waals surface area contributed by atoms with Gasteiger partial charge in [-0.25, -0.2) is 0 Å². The molecule has 3 rings (SSSR count). The minimum atomic E-state index is -0.637. The van der Waals surface area contributed by atoms with Gasteiger partial charge in [0.2, 0.25) is 5.91 Å². The normalized spacial score (nSPS) is 15.9. The molecule has 2 aromatic carbocycles. The highest BCUT2D eigenvalue weighted by atomic mass is 16.3. The van der Waals surface area contributed by atoms with Crippen molar-refractivity contribution in [2.75, 3.05) is 5.32 Å². The molecule has 0 saturated carbocycles. The number of amides is 1. The van der Waals surface area contributed by atoms with Gasteiger partial charge in [-0.1, -0.05) is 26.0 Å². The number of benzene rings is 2. The Morgan fingerprint density at radius 1 is 1.22 bits per heavy atom. The molecule has 1 aliphatic rings. The average molecular weight is 366 g/mol. The van der Waals surface area contributed by atoms with Crippen LogP contribution in [0.2, 0.25) is 0 Å². The van der Waals surface area contributed by atoms with Gasteiger partial charge in [0.1, 0.15) is 11.5 Å². The van der Waals surface area contributed by atoms with Crippen molar-refractivity contribution in [3.05, 3.63) is 58.7 Å². The van der Waals surface area contributed by atoms with E-state index in [1.807, 2.05) is 13.8 Å². The third kappa shape index (κ3) is 3.71. The average Bonchev–Trinajstić information content (AvgIpc) is 2.94. The molecule has 0 spiro atoms. The summed E-state index contributed by atoms with van der Waals surface area (Å²) in [5.41, 5.74) is 8.67. The first kappa shape index (κ1) is 18.7. The second-order valence-electron chi connectivity index (χ2n) is 7.01. The number of phenols is 2. The number of anilines is 1. The fourth-order valence-electron chi connectivity index (χ4n) is 3.03. The van der Waals surface area contributed by atoms with E-state index in [1.54, 1.807) is 24.3 Å². The molecule has 0 aliphatic heterocycles. The summed E-state index contributed by atoms with van der Waals surface area (Å²) in [7, 11) is 0. The van der Waals surface area contributed by atoms with E-state index in [2.05, 4.69) is 5.32 Å². The molecule has 1 atom stereocenters. The number of ketones is 1. The highest BCUT2D eigenvalue weighted by Crippen LogP contribution is 2.34. The molecular formula is C21H22N2O4. The number of nitrogens with two attached hydrogens (primary N) is 1. The zero-order valence-corrected chi connectivity index (χ0v) is 15.2. The van der Waals surface area contributed by atoms with Crippen molar-refractivity contribution in [2.45, 2.75) is 26.3 Å². The van der Waals surface area contributed by atoms with Crippen LogP contribution < -0.4 is 11.1 Å². The van der Waals surface area contributed by atoms with Crippen molar-refractivity contribution < 1.29 is 19.8 Å². The lowest BCUT2D eigenvalue weighted by Crippen LogP contribution is -2.39. The standard InChI is InChI=1S/C21H22N2O4/c1-11(2)19(22)21(27)23-17-5-3-4-15-16(17)9-13(20(15)26)8-12-6-7-14(24)10-18(12)25/h3-8,10-11,19,24-25H,9,22H2,1-2H3,(H,23,27)/b13-8+/t19-/m1/s1. The molecule has 0 heterocycles. The van der Waals surface area contributed by atoms with Gasteiger partial charge in [-0.05, 0) is 35.8 Å². The number of Topliss-reactive ketones (excluding diaryl/α,β-unsaturated/α-hetero) is 1. The Morgan fingerprint density at radius 2 is 1.96 bits per heavy atom. The Bertz CT molecular complexity index is 947. The predicted molar refractivity (Wildman–Crippen MR) is 104 cm³/mol. The van der Waals surface area contributed by atoms with Crippen LogP contribution in [0.4, 0.5) is 5.69 Å². The quantitative estimate of drug-likeness (QED) is 0.622. The number of phenolic OH excluding ortho intramolecular Hbond substituents is 2. The molecule has 0 aromatic heterocycles. The summed E-state index contributed by atoms with van der Waals surface area (Å²) in [5.74, 6) is -0.609. The number of aromatic hydroxyl groups is 2. The van der Waals surface area contributed by atoms with Crippen molar-refractivity contribution in [2.24, 2.45) is 11.7 Å². The number of carbonyl (C=O) groups is 2. The van der Waals surface area contributed by atoms with E-state index < -0.39 is 6.04 Å². The molecule has 6 nitrogen and oxygen atoms in total. The van der Waals surface area contributed by atoms with Gasteiger partial charge in [-0.3, -0.25) is 9.59 Å². The molecule has 27 heavy (non-hydrogen) atoms. The Morgan fingerprint density at radius 3 is 2.63 bits per heavy atom. The summed E-state index contributed by atoms with van der Waals surface area (Å²) in [4.78, 5) is 25.0. The van der Waals surface area contributed by atoms with Gasteiger partial charge in [0.05, 0.1) is 6.04 Å². The summed E-state index contributed by atoms with van der Waals surface area (Å²) in [6.07, 6.45) is 1.93. The molecule has 2 aromatic rings. The number of hydrogen-bond acceptors (Lipinski definition) is 5. The van der Waals surface area contributed by atoms with Crippen molar-refractivity contribution in [3.8, 4) is 11.5 Å². The maximum Gasteiger partial charge on any atom is 0.241 e. The highest BCUT2D eigenvalue weighted by Gasteiger charge is 2.28. The number of allylic oxidation sites excluding steroid dienone is 1. The van der Waals surface area contributed by atoms with Crippen molar-refractivity contribution in [3.63, 3.8) is 0 Å². The molecule has 140 valence electrons. The topological polar surface area (TPSA) is 113 Å². The van der Waals surface area contributed by atoms with Crippen LogP contribution in [0.25, 0.3) is 6.08 Å². The van der Waals surface area contributed by atoms with Crippen LogP contribution in [0.5, 0.6) is 11.5 Å². The van der Waals surface area contributed by atoms with Crippen LogP contribution in [0, 0.1) is 5.92 Å². The zero-order valence-electron chi connectivity index (χ0n) is 15.2. The Kier molecular flexibility index (Phi) is 5.01. The van der Waals surface area contributed by atoms with Crippen LogP contribution in [0.3, 0.4) is 0 Å².